The van der Waals surface area contributed by atoms with Crippen molar-refractivity contribution in [2.75, 3.05) is 97.8 Å². The van der Waals surface area contributed by atoms with E-state index in [1.165, 1.54) is 0 Å². The maximum absolute atomic E-state index is 13.9. The monoisotopic (exact) mass is 612 g/mol. The molecule has 12 nitrogen and oxygen atoms in total. The van der Waals surface area contributed by atoms with Gasteiger partial charge in [0.2, 0.25) is 0 Å². The molecule has 3 aliphatic carbocycles. The SMILES string of the molecule is CN(C)P(=O)(OC[C@@]12CC(OP(=O)(N(C)C)N(C)C)=C[C@]1(COP(=O)(N(C)C)N(C)C)[C@H]1CC[C@H]2C1)N(C)C. The van der Waals surface area contributed by atoms with Gasteiger partial charge in [0.05, 0.1) is 13.2 Å². The van der Waals surface area contributed by atoms with E-state index in [1.54, 1.807) is 113 Å². The summed E-state index contributed by atoms with van der Waals surface area (Å²) in [5.41, 5.74) is -1.07. The number of hydrogen-bond donors (Lipinski definition) is 0. The van der Waals surface area contributed by atoms with E-state index >= 15 is 0 Å². The Balaban J connectivity index is 2.11. The summed E-state index contributed by atoms with van der Waals surface area (Å²) < 4.78 is 70.5. The second-order valence-corrected chi connectivity index (χ2v) is 20.8. The van der Waals surface area contributed by atoms with Crippen molar-refractivity contribution < 1.29 is 27.3 Å². The average molecular weight is 613 g/mol. The highest BCUT2D eigenvalue weighted by Gasteiger charge is 2.70. The maximum atomic E-state index is 13.9. The predicted octanol–water partition coefficient (Wildman–Crippen LogP) is 4.42. The second kappa shape index (κ2) is 11.5. The maximum Gasteiger partial charge on any atom is 0.394 e. The normalized spacial score (nSPS) is 29.5. The number of allylic oxidation sites excluding steroid dienone is 1. The van der Waals surface area contributed by atoms with Gasteiger partial charge < -0.3 is 13.6 Å². The summed E-state index contributed by atoms with van der Waals surface area (Å²) in [5, 5.41) is 0. The fourth-order valence-electron chi connectivity index (χ4n) is 6.86. The van der Waals surface area contributed by atoms with Crippen LogP contribution in [-0.4, -0.2) is 126 Å². The fourth-order valence-corrected chi connectivity index (χ4v) is 11.5. The van der Waals surface area contributed by atoms with Gasteiger partial charge in [-0.25, -0.2) is 32.6 Å². The van der Waals surface area contributed by atoms with Crippen LogP contribution in [0.5, 0.6) is 0 Å². The van der Waals surface area contributed by atoms with Crippen LogP contribution < -0.4 is 0 Å². The minimum atomic E-state index is -3.32. The van der Waals surface area contributed by atoms with Crippen molar-refractivity contribution in [2.24, 2.45) is 22.7 Å². The lowest BCUT2D eigenvalue weighted by Crippen LogP contribution is -2.49. The zero-order chi connectivity index (χ0) is 29.8. The largest absolute Gasteiger partial charge is 0.427 e. The number of nitrogens with zero attached hydrogens (tertiary/aromatic N) is 6. The first-order valence-electron chi connectivity index (χ1n) is 13.4. The van der Waals surface area contributed by atoms with E-state index < -0.39 is 33.8 Å². The Morgan fingerprint density at radius 1 is 0.667 bits per heavy atom. The second-order valence-electron chi connectivity index (χ2n) is 12.4. The van der Waals surface area contributed by atoms with E-state index in [1.807, 2.05) is 0 Å². The molecule has 0 unspecified atom stereocenters. The van der Waals surface area contributed by atoms with Crippen LogP contribution in [-0.2, 0) is 27.3 Å². The Morgan fingerprint density at radius 2 is 1.08 bits per heavy atom. The minimum absolute atomic E-state index is 0.195. The molecule has 0 aliphatic heterocycles. The quantitative estimate of drug-likeness (QED) is 0.260. The Hall–Kier alpha value is -0.0900. The van der Waals surface area contributed by atoms with Crippen LogP contribution in [0.3, 0.4) is 0 Å². The molecule has 0 spiro atoms. The van der Waals surface area contributed by atoms with Crippen molar-refractivity contribution in [3.63, 3.8) is 0 Å². The topological polar surface area (TPSA) is 98.3 Å². The molecule has 0 N–H and O–H groups in total. The van der Waals surface area contributed by atoms with Crippen molar-refractivity contribution in [3.8, 4) is 0 Å². The molecule has 0 aromatic rings. The molecule has 0 heterocycles. The lowest BCUT2D eigenvalue weighted by molar-refractivity contribution is -0.0464. The molecule has 39 heavy (non-hydrogen) atoms. The molecule has 2 saturated carbocycles. The minimum Gasteiger partial charge on any atom is -0.427 e. The molecule has 15 heteroatoms. The van der Waals surface area contributed by atoms with Crippen molar-refractivity contribution in [1.82, 2.24) is 28.0 Å². The molecule has 3 aliphatic rings. The first-order valence-corrected chi connectivity index (χ1v) is 18.0. The molecule has 2 bridgehead atoms. The molecule has 3 rings (SSSR count). The highest BCUT2D eigenvalue weighted by molar-refractivity contribution is 7.54. The van der Waals surface area contributed by atoms with Crippen LogP contribution in [0.1, 0.15) is 25.7 Å². The van der Waals surface area contributed by atoms with Gasteiger partial charge in [-0.2, -0.15) is 0 Å². The van der Waals surface area contributed by atoms with E-state index in [2.05, 4.69) is 6.08 Å². The van der Waals surface area contributed by atoms with Gasteiger partial charge in [0.15, 0.2) is 0 Å². The summed E-state index contributed by atoms with van der Waals surface area (Å²) in [4.78, 5) is 0. The van der Waals surface area contributed by atoms with Crippen LogP contribution in [0.15, 0.2) is 11.8 Å². The molecule has 228 valence electrons. The van der Waals surface area contributed by atoms with Crippen LogP contribution in [0.2, 0.25) is 0 Å². The van der Waals surface area contributed by atoms with E-state index in [-0.39, 0.29) is 25.0 Å². The molecule has 0 saturated heterocycles. The van der Waals surface area contributed by atoms with Crippen LogP contribution in [0.25, 0.3) is 0 Å². The Labute approximate surface area is 236 Å². The van der Waals surface area contributed by atoms with Gasteiger partial charge >= 0.3 is 23.0 Å². The lowest BCUT2D eigenvalue weighted by atomic mass is 9.58. The molecule has 2 fully saturated rings. The average Bonchev–Trinajstić information content (AvgIpc) is 3.50. The van der Waals surface area contributed by atoms with E-state index in [4.69, 9.17) is 13.6 Å². The summed E-state index contributed by atoms with van der Waals surface area (Å²) in [6, 6.07) is 0. The van der Waals surface area contributed by atoms with Crippen molar-refractivity contribution >= 4 is 23.0 Å². The summed E-state index contributed by atoms with van der Waals surface area (Å²) in [7, 11) is 11.1. The Bertz CT molecular complexity index is 1050. The van der Waals surface area contributed by atoms with Gasteiger partial charge in [-0.1, -0.05) is 0 Å². The van der Waals surface area contributed by atoms with Gasteiger partial charge in [-0.05, 0) is 122 Å². The third-order valence-electron chi connectivity index (χ3n) is 9.01. The third-order valence-corrected chi connectivity index (χ3v) is 16.5. The molecule has 0 amide bonds. The summed E-state index contributed by atoms with van der Waals surface area (Å²) in [6.07, 6.45) is 5.58. The molecule has 0 aromatic heterocycles. The Morgan fingerprint density at radius 3 is 1.51 bits per heavy atom. The van der Waals surface area contributed by atoms with Gasteiger partial charge in [0, 0.05) is 17.3 Å². The van der Waals surface area contributed by atoms with Gasteiger partial charge in [0.25, 0.3) is 0 Å². The zero-order valence-electron chi connectivity index (χ0n) is 25.9. The van der Waals surface area contributed by atoms with Crippen molar-refractivity contribution in [3.05, 3.63) is 11.8 Å². The highest BCUT2D eigenvalue weighted by Crippen LogP contribution is 2.75. The van der Waals surface area contributed by atoms with Crippen molar-refractivity contribution in [2.45, 2.75) is 25.7 Å². The Kier molecular flexibility index (Phi) is 9.88. The molecular weight excluding hydrogens is 561 g/mol. The molecule has 0 aromatic carbocycles. The van der Waals surface area contributed by atoms with Crippen LogP contribution in [0.4, 0.5) is 0 Å². The first kappa shape index (κ1) is 33.4. The van der Waals surface area contributed by atoms with Crippen molar-refractivity contribution in [1.29, 1.82) is 0 Å². The predicted molar refractivity (Wildman–Crippen MR) is 156 cm³/mol. The summed E-state index contributed by atoms with van der Waals surface area (Å²) in [6.45, 7) is 0.414. The number of fused-ring (bicyclic) bond motifs is 5. The summed E-state index contributed by atoms with van der Waals surface area (Å²) >= 11 is 0. The van der Waals surface area contributed by atoms with Gasteiger partial charge in [0.1, 0.15) is 5.76 Å². The molecular formula is C24H51N6O6P3. The first-order chi connectivity index (χ1) is 17.8. The lowest BCUT2D eigenvalue weighted by Gasteiger charge is -2.49. The molecule has 0 radical (unpaired) electrons. The zero-order valence-corrected chi connectivity index (χ0v) is 28.6. The van der Waals surface area contributed by atoms with E-state index in [0.717, 1.165) is 19.3 Å². The standard InChI is InChI=1S/C24H51N6O6P3/c1-25(2)37(31,26(3)4)34-18-23-16-22(36-39(33,29(9)10)30(11)12)17-24(23,21-14-13-20(23)15-21)19-35-38(32,27(5)6)28(7)8/h16,20-21H,13-15,17-19H2,1-12H3/t20-,21-,23-,24+/m0/s1. The third kappa shape index (κ3) is 5.43. The highest BCUT2D eigenvalue weighted by atomic mass is 31.2. The van der Waals surface area contributed by atoms with Crippen LogP contribution >= 0.6 is 23.0 Å². The van der Waals surface area contributed by atoms with Gasteiger partial charge in [-0.3, -0.25) is 9.13 Å². The van der Waals surface area contributed by atoms with E-state index in [9.17, 15) is 13.7 Å². The van der Waals surface area contributed by atoms with Gasteiger partial charge in [-0.15, -0.1) is 0 Å². The number of rotatable bonds is 14. The fraction of sp³-hybridized carbons (Fsp3) is 0.917. The smallest absolute Gasteiger partial charge is 0.394 e. The summed E-state index contributed by atoms with van der Waals surface area (Å²) in [5.74, 6) is 1.15. The number of hydrogen-bond acceptors (Lipinski definition) is 6. The van der Waals surface area contributed by atoms with Crippen LogP contribution in [0, 0.1) is 22.7 Å². The molecule has 4 atom stereocenters. The van der Waals surface area contributed by atoms with E-state index in [0.29, 0.717) is 12.2 Å².